The highest BCUT2D eigenvalue weighted by molar-refractivity contribution is 8.14. The lowest BCUT2D eigenvalue weighted by Crippen LogP contribution is -2.40. The fourth-order valence-corrected chi connectivity index (χ4v) is 5.16. The highest BCUT2D eigenvalue weighted by atomic mass is 35.5. The van der Waals surface area contributed by atoms with Crippen molar-refractivity contribution >= 4 is 50.0 Å². The minimum Gasteiger partial charge on any atom is -0.379 e. The van der Waals surface area contributed by atoms with Crippen LogP contribution in [0.4, 0.5) is 5.69 Å². The number of rotatable bonds is 4. The van der Waals surface area contributed by atoms with E-state index in [1.807, 2.05) is 18.3 Å². The number of thioether (sulfide) groups is 1. The Balaban J connectivity index is 1.57. The van der Waals surface area contributed by atoms with Crippen molar-refractivity contribution in [1.29, 1.82) is 0 Å². The lowest BCUT2D eigenvalue weighted by Gasteiger charge is -2.26. The third-order valence-electron chi connectivity index (χ3n) is 4.29. The van der Waals surface area contributed by atoms with Crippen LogP contribution < -0.4 is 5.43 Å². The van der Waals surface area contributed by atoms with Crippen LogP contribution in [-0.2, 0) is 14.8 Å². The van der Waals surface area contributed by atoms with Gasteiger partial charge in [0.1, 0.15) is 0 Å². The van der Waals surface area contributed by atoms with Gasteiger partial charge in [0.15, 0.2) is 5.17 Å². The van der Waals surface area contributed by atoms with Crippen molar-refractivity contribution in [2.24, 2.45) is 10.1 Å². The van der Waals surface area contributed by atoms with E-state index in [0.29, 0.717) is 47.9 Å². The molecule has 1 aromatic heterocycles. The molecule has 11 heteroatoms. The van der Waals surface area contributed by atoms with Crippen LogP contribution in [0, 0.1) is 0 Å². The van der Waals surface area contributed by atoms with E-state index in [2.05, 4.69) is 20.5 Å². The maximum atomic E-state index is 12.8. The van der Waals surface area contributed by atoms with Crippen LogP contribution in [-0.4, -0.2) is 60.6 Å². The van der Waals surface area contributed by atoms with Gasteiger partial charge >= 0.3 is 0 Å². The van der Waals surface area contributed by atoms with Crippen LogP contribution in [0.1, 0.15) is 5.69 Å². The highest BCUT2D eigenvalue weighted by Crippen LogP contribution is 2.30. The summed E-state index contributed by atoms with van der Waals surface area (Å²) in [5.41, 5.74) is 5.10. The minimum atomic E-state index is -3.61. The third kappa shape index (κ3) is 4.11. The van der Waals surface area contributed by atoms with E-state index in [-0.39, 0.29) is 4.90 Å². The molecule has 148 valence electrons. The molecule has 0 radical (unpaired) electrons. The van der Waals surface area contributed by atoms with Gasteiger partial charge in [0.25, 0.3) is 0 Å². The zero-order chi connectivity index (χ0) is 19.6. The molecule has 1 saturated heterocycles. The molecule has 0 saturated carbocycles. The summed E-state index contributed by atoms with van der Waals surface area (Å²) in [7, 11) is -3.61. The summed E-state index contributed by atoms with van der Waals surface area (Å²) in [6, 6.07) is 8.40. The number of aliphatic imine (C=N–C) groups is 1. The predicted octanol–water partition coefficient (Wildman–Crippen LogP) is 2.42. The molecule has 1 fully saturated rings. The molecule has 1 aromatic carbocycles. The van der Waals surface area contributed by atoms with E-state index in [0.717, 1.165) is 11.4 Å². The normalized spacial score (nSPS) is 20.0. The number of morpholine rings is 1. The number of hydrogen-bond donors (Lipinski definition) is 2. The molecule has 2 aliphatic heterocycles. The second kappa shape index (κ2) is 8.26. The number of amidine groups is 1. The first-order chi connectivity index (χ1) is 13.5. The number of aromatic amines is 1. The van der Waals surface area contributed by atoms with Gasteiger partial charge in [0, 0.05) is 25.0 Å². The number of H-pyrrole nitrogens is 1. The molecule has 0 spiro atoms. The Morgan fingerprint density at radius 2 is 2.07 bits per heavy atom. The molecule has 2 N–H and O–H groups in total. The number of nitrogens with zero attached hydrogens (tertiary/aromatic N) is 3. The predicted molar refractivity (Wildman–Crippen MR) is 111 cm³/mol. The average Bonchev–Trinajstić information content (AvgIpc) is 3.26. The van der Waals surface area contributed by atoms with E-state index >= 15 is 0 Å². The molecule has 0 unspecified atom stereocenters. The maximum Gasteiger partial charge on any atom is 0.243 e. The number of aromatic nitrogens is 1. The first-order valence-electron chi connectivity index (χ1n) is 8.59. The second-order valence-corrected chi connectivity index (χ2v) is 9.40. The zero-order valence-electron chi connectivity index (χ0n) is 14.8. The summed E-state index contributed by atoms with van der Waals surface area (Å²) < 4.78 is 32.3. The number of ether oxygens (including phenoxy) is 1. The number of benzene rings is 1. The van der Waals surface area contributed by atoms with Gasteiger partial charge in [0.2, 0.25) is 10.0 Å². The maximum absolute atomic E-state index is 12.8. The SMILES string of the molecule is O=S(=O)(c1ccc(Cl)c(N=C2NN=C(c3ccc[nH]3)CS2)c1)N1CCOCC1. The van der Waals surface area contributed by atoms with Crippen molar-refractivity contribution < 1.29 is 13.2 Å². The van der Waals surface area contributed by atoms with Crippen molar-refractivity contribution in [3.8, 4) is 0 Å². The second-order valence-electron chi connectivity index (χ2n) is 6.09. The molecule has 0 aliphatic carbocycles. The summed E-state index contributed by atoms with van der Waals surface area (Å²) in [5.74, 6) is 0.635. The van der Waals surface area contributed by atoms with Gasteiger partial charge in [-0.15, -0.1) is 0 Å². The largest absolute Gasteiger partial charge is 0.379 e. The Labute approximate surface area is 172 Å². The molecule has 2 aromatic rings. The standard InChI is InChI=1S/C17H18ClN5O3S2/c18-13-4-3-12(28(24,25)23-6-8-26-9-7-23)10-15(13)20-17-22-21-16(11-27-17)14-2-1-5-19-14/h1-5,10,19H,6-9,11H2,(H,20,22). The number of hydrogen-bond acceptors (Lipinski definition) is 6. The summed E-state index contributed by atoms with van der Waals surface area (Å²) in [5, 5.41) is 5.25. The number of hydrazone groups is 1. The van der Waals surface area contributed by atoms with Gasteiger partial charge in [0.05, 0.1) is 40.2 Å². The molecule has 0 atom stereocenters. The van der Waals surface area contributed by atoms with E-state index in [1.54, 1.807) is 6.07 Å². The van der Waals surface area contributed by atoms with Crippen LogP contribution in [0.25, 0.3) is 0 Å². The first kappa shape index (κ1) is 19.5. The number of nitrogens with one attached hydrogen (secondary N) is 2. The zero-order valence-corrected chi connectivity index (χ0v) is 17.1. The van der Waals surface area contributed by atoms with Crippen LogP contribution in [0.3, 0.4) is 0 Å². The van der Waals surface area contributed by atoms with E-state index < -0.39 is 10.0 Å². The van der Waals surface area contributed by atoms with Crippen molar-refractivity contribution in [2.75, 3.05) is 32.1 Å². The van der Waals surface area contributed by atoms with Gasteiger partial charge in [-0.2, -0.15) is 9.41 Å². The Hall–Kier alpha value is -1.85. The van der Waals surface area contributed by atoms with Crippen molar-refractivity contribution in [1.82, 2.24) is 14.7 Å². The number of halogens is 1. The third-order valence-corrected chi connectivity index (χ3v) is 7.38. The van der Waals surface area contributed by atoms with Crippen molar-refractivity contribution in [3.63, 3.8) is 0 Å². The molecular formula is C17H18ClN5O3S2. The molecule has 28 heavy (non-hydrogen) atoms. The average molecular weight is 440 g/mol. The summed E-state index contributed by atoms with van der Waals surface area (Å²) in [6.07, 6.45) is 1.84. The van der Waals surface area contributed by atoms with E-state index in [4.69, 9.17) is 16.3 Å². The van der Waals surface area contributed by atoms with Gasteiger partial charge in [-0.3, -0.25) is 5.43 Å². The Bertz CT molecular complexity index is 1020. The number of sulfonamides is 1. The molecule has 4 rings (SSSR count). The van der Waals surface area contributed by atoms with Gasteiger partial charge in [-0.25, -0.2) is 13.4 Å². The fourth-order valence-electron chi connectivity index (χ4n) is 2.81. The van der Waals surface area contributed by atoms with Crippen LogP contribution in [0.2, 0.25) is 5.02 Å². The summed E-state index contributed by atoms with van der Waals surface area (Å²) in [6.45, 7) is 1.46. The fraction of sp³-hybridized carbons (Fsp3) is 0.294. The molecule has 3 heterocycles. The molecule has 8 nitrogen and oxygen atoms in total. The molecule has 2 aliphatic rings. The lowest BCUT2D eigenvalue weighted by atomic mass is 10.3. The smallest absolute Gasteiger partial charge is 0.243 e. The summed E-state index contributed by atoms with van der Waals surface area (Å²) >= 11 is 7.72. The molecule has 0 bridgehead atoms. The van der Waals surface area contributed by atoms with E-state index in [9.17, 15) is 8.42 Å². The van der Waals surface area contributed by atoms with Crippen LogP contribution in [0.5, 0.6) is 0 Å². The van der Waals surface area contributed by atoms with E-state index in [1.165, 1.54) is 28.2 Å². The van der Waals surface area contributed by atoms with Gasteiger partial charge < -0.3 is 9.72 Å². The monoisotopic (exact) mass is 439 g/mol. The first-order valence-corrected chi connectivity index (χ1v) is 11.4. The topological polar surface area (TPSA) is 99.2 Å². The van der Waals surface area contributed by atoms with Gasteiger partial charge in [-0.05, 0) is 30.3 Å². The van der Waals surface area contributed by atoms with Crippen LogP contribution in [0.15, 0.2) is 51.5 Å². The molecule has 0 amide bonds. The Kier molecular flexibility index (Phi) is 5.74. The van der Waals surface area contributed by atoms with Crippen molar-refractivity contribution in [2.45, 2.75) is 4.90 Å². The quantitative estimate of drug-likeness (QED) is 0.762. The Morgan fingerprint density at radius 3 is 2.75 bits per heavy atom. The summed E-state index contributed by atoms with van der Waals surface area (Å²) in [4.78, 5) is 7.74. The highest BCUT2D eigenvalue weighted by Gasteiger charge is 2.27. The van der Waals surface area contributed by atoms with Crippen molar-refractivity contribution in [3.05, 3.63) is 47.2 Å². The van der Waals surface area contributed by atoms with Crippen LogP contribution >= 0.6 is 23.4 Å². The lowest BCUT2D eigenvalue weighted by molar-refractivity contribution is 0.0730. The minimum absolute atomic E-state index is 0.162. The Morgan fingerprint density at radius 1 is 1.25 bits per heavy atom. The van der Waals surface area contributed by atoms with Gasteiger partial charge in [-0.1, -0.05) is 23.4 Å². The molecular weight excluding hydrogens is 422 g/mol.